The summed E-state index contributed by atoms with van der Waals surface area (Å²) in [4.78, 5) is 4.09. The highest BCUT2D eigenvalue weighted by Crippen LogP contribution is 2.23. The number of halogens is 1. The molecule has 4 heteroatoms. The minimum absolute atomic E-state index is 0.717. The Morgan fingerprint density at radius 1 is 0.815 bits per heavy atom. The molecule has 0 bridgehead atoms. The Labute approximate surface area is 165 Å². The molecule has 3 nitrogen and oxygen atoms in total. The van der Waals surface area contributed by atoms with Gasteiger partial charge < -0.3 is 14.5 Å². The fourth-order valence-electron chi connectivity index (χ4n) is 3.54. The van der Waals surface area contributed by atoms with Crippen molar-refractivity contribution in [3.63, 3.8) is 0 Å². The molecule has 138 valence electrons. The molecule has 3 aromatic carbocycles. The van der Waals surface area contributed by atoms with Gasteiger partial charge in [0.05, 0.1) is 26.2 Å². The van der Waals surface area contributed by atoms with Crippen LogP contribution in [0.5, 0.6) is 11.5 Å². The number of quaternary nitrogens is 1. The number of hydrogen-bond acceptors (Lipinski definition) is 2. The van der Waals surface area contributed by atoms with E-state index in [1.54, 1.807) is 4.90 Å². The Balaban J connectivity index is 1.34. The van der Waals surface area contributed by atoms with E-state index in [0.717, 1.165) is 44.2 Å². The lowest BCUT2D eigenvalue weighted by molar-refractivity contribution is -0.914. The first-order valence-corrected chi connectivity index (χ1v) is 9.80. The Bertz CT molecular complexity index is 859. The van der Waals surface area contributed by atoms with E-state index in [4.69, 9.17) is 16.3 Å². The van der Waals surface area contributed by atoms with Gasteiger partial charge in [-0.1, -0.05) is 41.9 Å². The quantitative estimate of drug-likeness (QED) is 0.720. The molecule has 1 heterocycles. The van der Waals surface area contributed by atoms with Gasteiger partial charge in [0.15, 0.2) is 0 Å². The third-order valence-electron chi connectivity index (χ3n) is 4.99. The standard InChI is InChI=1S/C23H23ClN2O/c24-20-9-11-22(12-10-20)27-23-8-4-5-19(17-23)18-25-13-15-26(16-14-25)21-6-2-1-3-7-21/h1-12,17H,13-16,18H2/p+1. The minimum Gasteiger partial charge on any atom is -0.457 e. The first-order valence-electron chi connectivity index (χ1n) is 9.42. The monoisotopic (exact) mass is 379 g/mol. The molecule has 0 aliphatic carbocycles. The van der Waals surface area contributed by atoms with Crippen LogP contribution in [0.1, 0.15) is 5.56 Å². The van der Waals surface area contributed by atoms with E-state index in [9.17, 15) is 0 Å². The van der Waals surface area contributed by atoms with Crippen LogP contribution in [0.4, 0.5) is 5.69 Å². The second-order valence-electron chi connectivity index (χ2n) is 6.95. The zero-order valence-electron chi connectivity index (χ0n) is 15.3. The molecule has 0 radical (unpaired) electrons. The van der Waals surface area contributed by atoms with Gasteiger partial charge in [0.2, 0.25) is 0 Å². The van der Waals surface area contributed by atoms with Crippen LogP contribution >= 0.6 is 11.6 Å². The summed E-state index contributed by atoms with van der Waals surface area (Å²) in [7, 11) is 0. The van der Waals surface area contributed by atoms with Crippen molar-refractivity contribution in [3.05, 3.63) is 89.4 Å². The summed E-state index contributed by atoms with van der Waals surface area (Å²) in [5, 5.41) is 0.717. The largest absolute Gasteiger partial charge is 0.457 e. The molecule has 1 aliphatic rings. The summed E-state index contributed by atoms with van der Waals surface area (Å²) >= 11 is 5.94. The summed E-state index contributed by atoms with van der Waals surface area (Å²) < 4.78 is 5.96. The number of para-hydroxylation sites is 1. The highest BCUT2D eigenvalue weighted by Gasteiger charge is 2.20. The van der Waals surface area contributed by atoms with E-state index in [1.165, 1.54) is 11.3 Å². The summed E-state index contributed by atoms with van der Waals surface area (Å²) in [5.74, 6) is 1.68. The van der Waals surface area contributed by atoms with Crippen LogP contribution in [-0.2, 0) is 6.54 Å². The van der Waals surface area contributed by atoms with Crippen molar-refractivity contribution in [2.75, 3.05) is 31.1 Å². The van der Waals surface area contributed by atoms with E-state index in [0.29, 0.717) is 5.02 Å². The van der Waals surface area contributed by atoms with Crippen LogP contribution in [0.3, 0.4) is 0 Å². The molecule has 0 unspecified atom stereocenters. The van der Waals surface area contributed by atoms with Crippen LogP contribution in [0.15, 0.2) is 78.9 Å². The Morgan fingerprint density at radius 2 is 1.56 bits per heavy atom. The predicted molar refractivity (Wildman–Crippen MR) is 111 cm³/mol. The van der Waals surface area contributed by atoms with Crippen LogP contribution < -0.4 is 14.5 Å². The average molecular weight is 380 g/mol. The maximum atomic E-state index is 5.96. The number of nitrogens with zero attached hydrogens (tertiary/aromatic N) is 1. The zero-order valence-corrected chi connectivity index (χ0v) is 16.0. The smallest absolute Gasteiger partial charge is 0.127 e. The van der Waals surface area contributed by atoms with Crippen molar-refractivity contribution in [3.8, 4) is 11.5 Å². The highest BCUT2D eigenvalue weighted by atomic mass is 35.5. The number of nitrogens with one attached hydrogen (secondary N) is 1. The van der Waals surface area contributed by atoms with Crippen LogP contribution in [-0.4, -0.2) is 26.2 Å². The number of hydrogen-bond donors (Lipinski definition) is 1. The van der Waals surface area contributed by atoms with E-state index < -0.39 is 0 Å². The van der Waals surface area contributed by atoms with Gasteiger partial charge in [-0.3, -0.25) is 0 Å². The fraction of sp³-hybridized carbons (Fsp3) is 0.217. The van der Waals surface area contributed by atoms with Gasteiger partial charge in [0, 0.05) is 16.3 Å². The highest BCUT2D eigenvalue weighted by molar-refractivity contribution is 6.30. The van der Waals surface area contributed by atoms with Gasteiger partial charge in [-0.2, -0.15) is 0 Å². The molecule has 4 rings (SSSR count). The molecule has 1 N–H and O–H groups in total. The Hall–Kier alpha value is -2.49. The van der Waals surface area contributed by atoms with Gasteiger partial charge in [-0.25, -0.2) is 0 Å². The van der Waals surface area contributed by atoms with E-state index in [1.807, 2.05) is 30.3 Å². The average Bonchev–Trinajstić information content (AvgIpc) is 2.71. The lowest BCUT2D eigenvalue weighted by Gasteiger charge is -2.33. The van der Waals surface area contributed by atoms with Crippen LogP contribution in [0, 0.1) is 0 Å². The molecule has 1 saturated heterocycles. The summed E-state index contributed by atoms with van der Waals surface area (Å²) in [5.41, 5.74) is 2.64. The first kappa shape index (κ1) is 17.9. The number of rotatable bonds is 5. The van der Waals surface area contributed by atoms with Crippen molar-refractivity contribution in [2.45, 2.75) is 6.54 Å². The third kappa shape index (κ3) is 4.82. The molecule has 0 saturated carbocycles. The molecule has 0 aromatic heterocycles. The van der Waals surface area contributed by atoms with Gasteiger partial charge in [0.25, 0.3) is 0 Å². The second-order valence-corrected chi connectivity index (χ2v) is 7.39. The third-order valence-corrected chi connectivity index (χ3v) is 5.25. The maximum Gasteiger partial charge on any atom is 0.127 e. The van der Waals surface area contributed by atoms with Gasteiger partial charge in [0.1, 0.15) is 18.0 Å². The summed E-state index contributed by atoms with van der Waals surface area (Å²) in [6.07, 6.45) is 0. The number of ether oxygens (including phenoxy) is 1. The van der Waals surface area contributed by atoms with Crippen molar-refractivity contribution in [1.29, 1.82) is 0 Å². The van der Waals surface area contributed by atoms with Gasteiger partial charge >= 0.3 is 0 Å². The SMILES string of the molecule is Clc1ccc(Oc2cccc(C[NH+]3CCN(c4ccccc4)CC3)c2)cc1. The van der Waals surface area contributed by atoms with Crippen molar-refractivity contribution >= 4 is 17.3 Å². The first-order chi connectivity index (χ1) is 13.3. The molecule has 0 amide bonds. The van der Waals surface area contributed by atoms with Crippen molar-refractivity contribution in [1.82, 2.24) is 0 Å². The zero-order chi connectivity index (χ0) is 18.5. The number of benzene rings is 3. The minimum atomic E-state index is 0.717. The lowest BCUT2D eigenvalue weighted by atomic mass is 10.1. The number of anilines is 1. The lowest BCUT2D eigenvalue weighted by Crippen LogP contribution is -3.13. The molecular weight excluding hydrogens is 356 g/mol. The van der Waals surface area contributed by atoms with Crippen LogP contribution in [0.25, 0.3) is 0 Å². The van der Waals surface area contributed by atoms with Crippen LogP contribution in [0.2, 0.25) is 5.02 Å². The maximum absolute atomic E-state index is 5.96. The predicted octanol–water partition coefficient (Wildman–Crippen LogP) is 4.04. The Morgan fingerprint density at radius 3 is 2.30 bits per heavy atom. The molecule has 1 aliphatic heterocycles. The van der Waals surface area contributed by atoms with E-state index in [-0.39, 0.29) is 0 Å². The van der Waals surface area contributed by atoms with Gasteiger partial charge in [-0.05, 0) is 48.5 Å². The van der Waals surface area contributed by atoms with E-state index in [2.05, 4.69) is 53.4 Å². The van der Waals surface area contributed by atoms with Gasteiger partial charge in [-0.15, -0.1) is 0 Å². The molecule has 1 fully saturated rings. The number of piperazine rings is 1. The summed E-state index contributed by atoms with van der Waals surface area (Å²) in [6, 6.07) is 26.6. The molecule has 27 heavy (non-hydrogen) atoms. The molecular formula is C23H24ClN2O+. The normalized spacial score (nSPS) is 14.9. The summed E-state index contributed by atoms with van der Waals surface area (Å²) in [6.45, 7) is 5.52. The van der Waals surface area contributed by atoms with Crippen molar-refractivity contribution in [2.24, 2.45) is 0 Å². The molecule has 0 spiro atoms. The van der Waals surface area contributed by atoms with E-state index >= 15 is 0 Å². The second kappa shape index (κ2) is 8.47. The fourth-order valence-corrected chi connectivity index (χ4v) is 3.67. The molecule has 0 atom stereocenters. The van der Waals surface area contributed by atoms with Crippen molar-refractivity contribution < 1.29 is 9.64 Å². The Kier molecular flexibility index (Phi) is 5.61. The molecule has 3 aromatic rings. The topological polar surface area (TPSA) is 16.9 Å².